The van der Waals surface area contributed by atoms with Crippen LogP contribution in [0.4, 0.5) is 13.2 Å². The normalized spacial score (nSPS) is 11.3. The van der Waals surface area contributed by atoms with Gasteiger partial charge in [0.1, 0.15) is 23.6 Å². The predicted molar refractivity (Wildman–Crippen MR) is 102 cm³/mol. The van der Waals surface area contributed by atoms with E-state index in [1.54, 1.807) is 6.07 Å². The molecule has 3 aromatic rings. The molecule has 7 nitrogen and oxygen atoms in total. The van der Waals surface area contributed by atoms with E-state index in [0.29, 0.717) is 27.2 Å². The van der Waals surface area contributed by atoms with Crippen molar-refractivity contribution in [1.82, 2.24) is 5.32 Å². The third kappa shape index (κ3) is 4.69. The summed E-state index contributed by atoms with van der Waals surface area (Å²) >= 11 is 0.689. The second-order valence-corrected chi connectivity index (χ2v) is 6.99. The summed E-state index contributed by atoms with van der Waals surface area (Å²) in [6.07, 6.45) is -4.81. The van der Waals surface area contributed by atoms with E-state index >= 15 is 0 Å². The first-order valence-electron chi connectivity index (χ1n) is 8.21. The van der Waals surface area contributed by atoms with Gasteiger partial charge in [0.25, 0.3) is 5.91 Å². The molecule has 11 heteroatoms. The van der Waals surface area contributed by atoms with Gasteiger partial charge in [0, 0.05) is 10.1 Å². The van der Waals surface area contributed by atoms with Crippen LogP contribution in [0.5, 0.6) is 11.5 Å². The molecule has 0 aliphatic carbocycles. The number of fused-ring (bicyclic) bond motifs is 1. The number of aliphatic carboxylic acids is 1. The second-order valence-electron chi connectivity index (χ2n) is 5.97. The summed E-state index contributed by atoms with van der Waals surface area (Å²) in [6, 6.07) is 9.60. The van der Waals surface area contributed by atoms with Crippen molar-refractivity contribution in [2.24, 2.45) is 0 Å². The van der Waals surface area contributed by atoms with Gasteiger partial charge in [0.2, 0.25) is 4.74 Å². The monoisotopic (exact) mass is 439 g/mol. The lowest BCUT2D eigenvalue weighted by molar-refractivity contribution is -0.274. The molecule has 0 fully saturated rings. The predicted octanol–water partition coefficient (Wildman–Crippen LogP) is 3.35. The number of carbonyl (C=O) groups is 2. The van der Waals surface area contributed by atoms with Crippen molar-refractivity contribution in [1.29, 1.82) is 0 Å². The number of hydrogen-bond donors (Lipinski definition) is 3. The number of rotatable bonds is 5. The van der Waals surface area contributed by atoms with Gasteiger partial charge in [0.15, 0.2) is 0 Å². The number of aromatic hydroxyl groups is 1. The van der Waals surface area contributed by atoms with E-state index < -0.39 is 46.6 Å². The molecular weight excluding hydrogens is 427 g/mol. The minimum Gasteiger partial charge on any atom is -0.506 e. The maximum absolute atomic E-state index is 12.3. The zero-order valence-electron chi connectivity index (χ0n) is 14.8. The Morgan fingerprint density at radius 2 is 1.70 bits per heavy atom. The molecule has 0 bridgehead atoms. The summed E-state index contributed by atoms with van der Waals surface area (Å²) < 4.78 is 40.3. The van der Waals surface area contributed by atoms with Crippen LogP contribution in [0, 0.1) is 0 Å². The molecule has 2 aromatic carbocycles. The number of amides is 1. The minimum atomic E-state index is -4.81. The van der Waals surface area contributed by atoms with Crippen molar-refractivity contribution in [2.45, 2.75) is 6.36 Å². The van der Waals surface area contributed by atoms with Crippen LogP contribution in [-0.2, 0) is 4.79 Å². The van der Waals surface area contributed by atoms with Crippen LogP contribution in [0.3, 0.4) is 0 Å². The van der Waals surface area contributed by atoms with Crippen molar-refractivity contribution in [2.75, 3.05) is 6.54 Å². The van der Waals surface area contributed by atoms with Gasteiger partial charge in [-0.3, -0.25) is 14.4 Å². The molecule has 3 N–H and O–H groups in total. The van der Waals surface area contributed by atoms with Crippen LogP contribution in [0.2, 0.25) is 0 Å². The fourth-order valence-electron chi connectivity index (χ4n) is 2.66. The second kappa shape index (κ2) is 8.03. The molecule has 3 rings (SSSR count). The van der Waals surface area contributed by atoms with Gasteiger partial charge in [-0.1, -0.05) is 29.5 Å². The maximum Gasteiger partial charge on any atom is 0.573 e. The number of ether oxygens (including phenoxy) is 1. The smallest absolute Gasteiger partial charge is 0.506 e. The number of hydrogen-bond acceptors (Lipinski definition) is 6. The first kappa shape index (κ1) is 21.1. The van der Waals surface area contributed by atoms with Gasteiger partial charge in [-0.2, -0.15) is 0 Å². The van der Waals surface area contributed by atoms with Crippen molar-refractivity contribution >= 4 is 33.3 Å². The number of nitrogens with one attached hydrogen (secondary N) is 1. The molecule has 156 valence electrons. The molecule has 1 aromatic heterocycles. The lowest BCUT2D eigenvalue weighted by atomic mass is 10.0. The van der Waals surface area contributed by atoms with Gasteiger partial charge in [-0.05, 0) is 35.4 Å². The van der Waals surface area contributed by atoms with E-state index in [-0.39, 0.29) is 5.39 Å². The molecule has 0 aliphatic rings. The van der Waals surface area contributed by atoms with Crippen LogP contribution in [0.25, 0.3) is 21.2 Å². The molecule has 0 saturated carbocycles. The van der Waals surface area contributed by atoms with Gasteiger partial charge in [-0.25, -0.2) is 0 Å². The lowest BCUT2D eigenvalue weighted by Gasteiger charge is -2.10. The Kier molecular flexibility index (Phi) is 5.65. The van der Waals surface area contributed by atoms with Crippen LogP contribution < -0.4 is 14.8 Å². The Bertz CT molecular complexity index is 1190. The summed E-state index contributed by atoms with van der Waals surface area (Å²) in [4.78, 5) is 34.9. The molecule has 0 aliphatic heterocycles. The van der Waals surface area contributed by atoms with Crippen LogP contribution in [-0.4, -0.2) is 35.0 Å². The van der Waals surface area contributed by atoms with E-state index in [2.05, 4.69) is 4.74 Å². The zero-order valence-corrected chi connectivity index (χ0v) is 15.6. The number of alkyl halides is 3. The molecule has 1 amide bonds. The van der Waals surface area contributed by atoms with Crippen LogP contribution in [0.1, 0.15) is 10.4 Å². The first-order chi connectivity index (χ1) is 14.0. The highest BCUT2D eigenvalue weighted by Crippen LogP contribution is 2.33. The number of carbonyl (C=O) groups excluding carboxylic acids is 1. The highest BCUT2D eigenvalue weighted by atomic mass is 32.1. The van der Waals surface area contributed by atoms with E-state index in [0.717, 1.165) is 12.1 Å². The van der Waals surface area contributed by atoms with Gasteiger partial charge in [0.05, 0.1) is 0 Å². The molecule has 30 heavy (non-hydrogen) atoms. The van der Waals surface area contributed by atoms with Crippen LogP contribution in [0.15, 0.2) is 47.3 Å². The van der Waals surface area contributed by atoms with Gasteiger partial charge >= 0.3 is 12.3 Å². The largest absolute Gasteiger partial charge is 0.573 e. The van der Waals surface area contributed by atoms with E-state index in [9.17, 15) is 32.7 Å². The Morgan fingerprint density at radius 1 is 1.07 bits per heavy atom. The molecule has 0 spiro atoms. The topological polar surface area (TPSA) is 113 Å². The Hall–Kier alpha value is -3.60. The highest BCUT2D eigenvalue weighted by Gasteiger charge is 2.31. The summed E-state index contributed by atoms with van der Waals surface area (Å²) in [7, 11) is 0. The highest BCUT2D eigenvalue weighted by molar-refractivity contribution is 7.16. The standard InChI is InChI=1S/C19H12F3NO6S/c20-19(21,22)29-11-4-1-9(2-5-11)10-3-6-13-12(7-10)16(26)15(18(28)30-13)17(27)23-8-14(24)25/h1-7,26H,8H2,(H,23,27)(H,24,25). The molecule has 0 radical (unpaired) electrons. The first-order valence-corrected chi connectivity index (χ1v) is 9.03. The molecular formula is C19H12F3NO6S. The summed E-state index contributed by atoms with van der Waals surface area (Å²) in [6.45, 7) is -0.729. The molecule has 1 heterocycles. The molecule has 0 atom stereocenters. The minimum absolute atomic E-state index is 0.160. The Balaban J connectivity index is 2.00. The fraction of sp³-hybridized carbons (Fsp3) is 0.105. The van der Waals surface area contributed by atoms with E-state index in [1.165, 1.54) is 24.3 Å². The van der Waals surface area contributed by atoms with Crippen molar-refractivity contribution in [3.8, 4) is 22.6 Å². The average Bonchev–Trinajstić information content (AvgIpc) is 2.65. The molecule has 0 unspecified atom stereocenters. The third-order valence-electron chi connectivity index (χ3n) is 3.93. The Labute approximate surface area is 170 Å². The number of carboxylic acid groups (broad SMARTS) is 1. The van der Waals surface area contributed by atoms with Crippen molar-refractivity contribution in [3.05, 3.63) is 57.6 Å². The van der Waals surface area contributed by atoms with E-state index in [1.807, 2.05) is 5.32 Å². The lowest BCUT2D eigenvalue weighted by Crippen LogP contribution is -2.32. The van der Waals surface area contributed by atoms with E-state index in [4.69, 9.17) is 5.11 Å². The third-order valence-corrected chi connectivity index (χ3v) is 4.89. The number of benzene rings is 2. The number of carboxylic acids is 1. The maximum atomic E-state index is 12.3. The molecule has 0 saturated heterocycles. The van der Waals surface area contributed by atoms with Gasteiger partial charge in [-0.15, -0.1) is 13.2 Å². The van der Waals surface area contributed by atoms with Gasteiger partial charge < -0.3 is 20.3 Å². The summed E-state index contributed by atoms with van der Waals surface area (Å²) in [5, 5.41) is 21.3. The fourth-order valence-corrected chi connectivity index (χ4v) is 3.55. The number of halogens is 3. The quantitative estimate of drug-likeness (QED) is 0.562. The Morgan fingerprint density at radius 3 is 2.30 bits per heavy atom. The average molecular weight is 439 g/mol. The SMILES string of the molecule is O=C(O)CNC(=O)c1c(O)c2cc(-c3ccc(OC(F)(F)F)cc3)ccc2sc1=O. The van der Waals surface area contributed by atoms with Crippen LogP contribution >= 0.6 is 11.3 Å². The summed E-state index contributed by atoms with van der Waals surface area (Å²) in [5.41, 5.74) is 0.415. The zero-order chi connectivity index (χ0) is 22.1. The van der Waals surface area contributed by atoms with Crippen molar-refractivity contribution < 1.29 is 37.7 Å². The summed E-state index contributed by atoms with van der Waals surface area (Å²) in [5.74, 6) is -3.36. The van der Waals surface area contributed by atoms with Crippen molar-refractivity contribution in [3.63, 3.8) is 0 Å².